The van der Waals surface area contributed by atoms with Gasteiger partial charge in [0.15, 0.2) is 5.78 Å². The van der Waals surface area contributed by atoms with Crippen LogP contribution in [-0.4, -0.2) is 5.78 Å². The Labute approximate surface area is 120 Å². The van der Waals surface area contributed by atoms with Crippen molar-refractivity contribution in [1.29, 1.82) is 5.26 Å². The van der Waals surface area contributed by atoms with E-state index in [0.717, 1.165) is 18.4 Å². The Balaban J connectivity index is 1.91. The second-order valence-electron chi connectivity index (χ2n) is 6.36. The highest BCUT2D eigenvalue weighted by Gasteiger charge is 2.47. The summed E-state index contributed by atoms with van der Waals surface area (Å²) in [5, 5.41) is 8.87. The Kier molecular flexibility index (Phi) is 3.61. The second-order valence-corrected chi connectivity index (χ2v) is 6.36. The zero-order chi connectivity index (χ0) is 14.0. The van der Waals surface area contributed by atoms with Gasteiger partial charge in [-0.2, -0.15) is 5.26 Å². The summed E-state index contributed by atoms with van der Waals surface area (Å²) in [6.07, 6.45) is 9.54. The second kappa shape index (κ2) is 5.40. The molecule has 0 amide bonds. The molecule has 1 aromatic carbocycles. The van der Waals surface area contributed by atoms with E-state index >= 15 is 0 Å². The van der Waals surface area contributed by atoms with E-state index < -0.39 is 0 Å². The maximum atomic E-state index is 13.1. The number of carbonyl (C=O) groups excluding carboxylic acids is 1. The quantitative estimate of drug-likeness (QED) is 0.741. The van der Waals surface area contributed by atoms with E-state index in [-0.39, 0.29) is 5.41 Å². The van der Waals surface area contributed by atoms with E-state index in [2.05, 4.69) is 6.07 Å². The molecule has 104 valence electrons. The van der Waals surface area contributed by atoms with Crippen molar-refractivity contribution in [2.24, 2.45) is 11.3 Å². The summed E-state index contributed by atoms with van der Waals surface area (Å²) in [6, 6.07) is 9.34. The van der Waals surface area contributed by atoms with Gasteiger partial charge >= 0.3 is 0 Å². The zero-order valence-corrected chi connectivity index (χ0v) is 11.9. The summed E-state index contributed by atoms with van der Waals surface area (Å²) in [5.41, 5.74) is 1.34. The Bertz CT molecular complexity index is 526. The molecule has 2 saturated carbocycles. The first-order valence-corrected chi connectivity index (χ1v) is 7.81. The molecule has 0 bridgehead atoms. The molecule has 2 nitrogen and oxygen atoms in total. The molecule has 0 N–H and O–H groups in total. The molecule has 0 aliphatic heterocycles. The summed E-state index contributed by atoms with van der Waals surface area (Å²) in [5.74, 6) is 0.930. The normalized spacial score (nSPS) is 29.2. The van der Waals surface area contributed by atoms with Gasteiger partial charge in [0, 0.05) is 11.0 Å². The summed E-state index contributed by atoms with van der Waals surface area (Å²) in [7, 11) is 0. The maximum Gasteiger partial charge on any atom is 0.169 e. The number of rotatable bonds is 2. The van der Waals surface area contributed by atoms with Crippen molar-refractivity contribution >= 4 is 5.78 Å². The van der Waals surface area contributed by atoms with Gasteiger partial charge in [-0.25, -0.2) is 0 Å². The minimum atomic E-state index is -0.0926. The first-order valence-electron chi connectivity index (χ1n) is 7.81. The summed E-state index contributed by atoms with van der Waals surface area (Å²) >= 11 is 0. The fourth-order valence-electron chi connectivity index (χ4n) is 4.29. The molecule has 3 rings (SSSR count). The van der Waals surface area contributed by atoms with Gasteiger partial charge in [-0.1, -0.05) is 37.8 Å². The largest absolute Gasteiger partial charge is 0.294 e. The number of fused-ring (bicyclic) bond motifs is 1. The summed E-state index contributed by atoms with van der Waals surface area (Å²) in [4.78, 5) is 13.1. The Morgan fingerprint density at radius 1 is 1.05 bits per heavy atom. The molecule has 0 atom stereocenters. The van der Waals surface area contributed by atoms with Gasteiger partial charge in [-0.05, 0) is 43.7 Å². The molecule has 2 aliphatic carbocycles. The van der Waals surface area contributed by atoms with Crippen LogP contribution in [-0.2, 0) is 0 Å². The van der Waals surface area contributed by atoms with E-state index in [1.54, 1.807) is 12.1 Å². The van der Waals surface area contributed by atoms with Crippen LogP contribution in [0.15, 0.2) is 24.3 Å². The van der Waals surface area contributed by atoms with Crippen molar-refractivity contribution in [3.05, 3.63) is 35.4 Å². The number of nitrogens with zero attached hydrogens (tertiary/aromatic N) is 1. The summed E-state index contributed by atoms with van der Waals surface area (Å²) < 4.78 is 0. The molecular formula is C18H21NO. The SMILES string of the molecule is N#Cc1ccc(C(=O)C23CCCCC2CCCC3)cc1. The first kappa shape index (κ1) is 13.4. The minimum Gasteiger partial charge on any atom is -0.294 e. The molecule has 2 heteroatoms. The average molecular weight is 267 g/mol. The monoisotopic (exact) mass is 267 g/mol. The predicted octanol–water partition coefficient (Wildman–Crippen LogP) is 4.49. The zero-order valence-electron chi connectivity index (χ0n) is 11.9. The smallest absolute Gasteiger partial charge is 0.169 e. The predicted molar refractivity (Wildman–Crippen MR) is 78.3 cm³/mol. The molecule has 0 heterocycles. The number of carbonyl (C=O) groups is 1. The van der Waals surface area contributed by atoms with Gasteiger partial charge in [0.1, 0.15) is 0 Å². The third kappa shape index (κ3) is 2.16. The van der Waals surface area contributed by atoms with Crippen LogP contribution >= 0.6 is 0 Å². The molecule has 2 aliphatic rings. The Hall–Kier alpha value is -1.62. The lowest BCUT2D eigenvalue weighted by atomic mass is 9.56. The molecule has 0 unspecified atom stereocenters. The van der Waals surface area contributed by atoms with Crippen molar-refractivity contribution in [3.63, 3.8) is 0 Å². The number of benzene rings is 1. The molecular weight excluding hydrogens is 246 g/mol. The van der Waals surface area contributed by atoms with Crippen LogP contribution in [0.1, 0.15) is 67.3 Å². The third-order valence-corrected chi connectivity index (χ3v) is 5.36. The highest BCUT2D eigenvalue weighted by Crippen LogP contribution is 2.52. The van der Waals surface area contributed by atoms with E-state index in [4.69, 9.17) is 5.26 Å². The number of ketones is 1. The van der Waals surface area contributed by atoms with Gasteiger partial charge in [-0.15, -0.1) is 0 Å². The molecule has 0 spiro atoms. The Morgan fingerprint density at radius 2 is 1.65 bits per heavy atom. The van der Waals surface area contributed by atoms with Gasteiger partial charge in [0.2, 0.25) is 0 Å². The third-order valence-electron chi connectivity index (χ3n) is 5.36. The lowest BCUT2D eigenvalue weighted by Gasteiger charge is -2.46. The van der Waals surface area contributed by atoms with Gasteiger partial charge in [0.25, 0.3) is 0 Å². The van der Waals surface area contributed by atoms with Crippen molar-refractivity contribution in [1.82, 2.24) is 0 Å². The topological polar surface area (TPSA) is 40.9 Å². The highest BCUT2D eigenvalue weighted by molar-refractivity contribution is 6.01. The Morgan fingerprint density at radius 3 is 2.20 bits per heavy atom. The van der Waals surface area contributed by atoms with Crippen molar-refractivity contribution in [3.8, 4) is 6.07 Å². The van der Waals surface area contributed by atoms with Gasteiger partial charge in [-0.3, -0.25) is 4.79 Å². The number of nitriles is 1. The molecule has 2 fully saturated rings. The van der Waals surface area contributed by atoms with Crippen molar-refractivity contribution in [2.75, 3.05) is 0 Å². The van der Waals surface area contributed by atoms with Crippen LogP contribution in [0.5, 0.6) is 0 Å². The summed E-state index contributed by atoms with van der Waals surface area (Å²) in [6.45, 7) is 0. The van der Waals surface area contributed by atoms with Crippen LogP contribution in [0.3, 0.4) is 0 Å². The lowest BCUT2D eigenvalue weighted by molar-refractivity contribution is 0.0346. The molecule has 0 aromatic heterocycles. The van der Waals surface area contributed by atoms with E-state index in [9.17, 15) is 4.79 Å². The van der Waals surface area contributed by atoms with Crippen LogP contribution in [0.2, 0.25) is 0 Å². The molecule has 1 aromatic rings. The van der Waals surface area contributed by atoms with Crippen LogP contribution in [0.4, 0.5) is 0 Å². The minimum absolute atomic E-state index is 0.0926. The van der Waals surface area contributed by atoms with E-state index in [0.29, 0.717) is 17.3 Å². The molecule has 0 radical (unpaired) electrons. The van der Waals surface area contributed by atoms with E-state index in [1.165, 1.54) is 38.5 Å². The van der Waals surface area contributed by atoms with Gasteiger partial charge < -0.3 is 0 Å². The first-order chi connectivity index (χ1) is 9.76. The lowest BCUT2D eigenvalue weighted by Crippen LogP contribution is -2.43. The average Bonchev–Trinajstić information content (AvgIpc) is 2.54. The number of hydrogen-bond acceptors (Lipinski definition) is 2. The van der Waals surface area contributed by atoms with Crippen molar-refractivity contribution < 1.29 is 4.79 Å². The van der Waals surface area contributed by atoms with Gasteiger partial charge in [0.05, 0.1) is 11.6 Å². The number of hydrogen-bond donors (Lipinski definition) is 0. The van der Waals surface area contributed by atoms with E-state index in [1.807, 2.05) is 12.1 Å². The molecule has 20 heavy (non-hydrogen) atoms. The standard InChI is InChI=1S/C18H21NO/c19-13-14-7-9-15(10-8-14)17(20)18-11-3-1-5-16(18)6-2-4-12-18/h7-10,16H,1-6,11-12H2. The maximum absolute atomic E-state index is 13.1. The fraction of sp³-hybridized carbons (Fsp3) is 0.556. The van der Waals surface area contributed by atoms with Crippen molar-refractivity contribution in [2.45, 2.75) is 51.4 Å². The molecule has 0 saturated heterocycles. The van der Waals surface area contributed by atoms with Crippen LogP contribution < -0.4 is 0 Å². The highest BCUT2D eigenvalue weighted by atomic mass is 16.1. The van der Waals surface area contributed by atoms with Crippen LogP contribution in [0.25, 0.3) is 0 Å². The van der Waals surface area contributed by atoms with Crippen LogP contribution in [0, 0.1) is 22.7 Å². The number of Topliss-reactive ketones (excluding diaryl/α,β-unsaturated/α-hetero) is 1. The fourth-order valence-corrected chi connectivity index (χ4v) is 4.29.